The molecule has 19 heavy (non-hydrogen) atoms. The Hall–Kier alpha value is -1.59. The average molecular weight is 265 g/mol. The van der Waals surface area contributed by atoms with Gasteiger partial charge >= 0.3 is 5.97 Å². The fourth-order valence-electron chi connectivity index (χ4n) is 2.22. The summed E-state index contributed by atoms with van der Waals surface area (Å²) in [4.78, 5) is 13.0. The third kappa shape index (κ3) is 3.24. The number of carbonyl (C=O) groups is 1. The molecule has 0 aliphatic carbocycles. The molecule has 2 atom stereocenters. The predicted octanol–water partition coefficient (Wildman–Crippen LogP) is 1.54. The normalized spacial score (nSPS) is 21.9. The van der Waals surface area contributed by atoms with Gasteiger partial charge in [-0.25, -0.2) is 0 Å². The molecule has 1 aromatic carbocycles. The molecule has 1 saturated heterocycles. The van der Waals surface area contributed by atoms with E-state index in [-0.39, 0.29) is 6.10 Å². The van der Waals surface area contributed by atoms with Crippen LogP contribution in [-0.4, -0.2) is 48.8 Å². The number of morpholine rings is 1. The van der Waals surface area contributed by atoms with Gasteiger partial charge in [-0.2, -0.15) is 0 Å². The fraction of sp³-hybridized carbons (Fsp3) is 0.500. The van der Waals surface area contributed by atoms with E-state index in [0.29, 0.717) is 19.7 Å². The summed E-state index contributed by atoms with van der Waals surface area (Å²) in [6.07, 6.45) is -0.106. The lowest BCUT2D eigenvalue weighted by atomic mass is 10.1. The first kappa shape index (κ1) is 13.8. The highest BCUT2D eigenvalue weighted by Gasteiger charge is 2.28. The number of carboxylic acids is 1. The number of hydrogen-bond donors (Lipinski definition) is 1. The Bertz CT molecular complexity index is 449. The van der Waals surface area contributed by atoms with E-state index >= 15 is 0 Å². The lowest BCUT2D eigenvalue weighted by Gasteiger charge is -2.35. The van der Waals surface area contributed by atoms with Crippen molar-refractivity contribution < 1.29 is 19.4 Å². The van der Waals surface area contributed by atoms with Gasteiger partial charge in [-0.05, 0) is 24.6 Å². The van der Waals surface area contributed by atoms with Crippen LogP contribution in [0.2, 0.25) is 0 Å². The van der Waals surface area contributed by atoms with Gasteiger partial charge in [-0.3, -0.25) is 9.69 Å². The first-order chi connectivity index (χ1) is 9.11. The number of benzene rings is 1. The van der Waals surface area contributed by atoms with E-state index in [9.17, 15) is 4.79 Å². The minimum absolute atomic E-state index is 0.106. The zero-order valence-electron chi connectivity index (χ0n) is 11.2. The fourth-order valence-corrected chi connectivity index (χ4v) is 2.22. The number of nitrogens with zero attached hydrogens (tertiary/aromatic N) is 1. The molecule has 5 nitrogen and oxygen atoms in total. The van der Waals surface area contributed by atoms with Crippen molar-refractivity contribution in [2.24, 2.45) is 0 Å². The van der Waals surface area contributed by atoms with Crippen LogP contribution in [0.25, 0.3) is 0 Å². The molecule has 1 aliphatic heterocycles. The molecular weight excluding hydrogens is 246 g/mol. The summed E-state index contributed by atoms with van der Waals surface area (Å²) in [6.45, 7) is 3.48. The van der Waals surface area contributed by atoms with Crippen LogP contribution in [0.1, 0.15) is 18.6 Å². The summed E-state index contributed by atoms with van der Waals surface area (Å²) in [5.41, 5.74) is 1.02. The van der Waals surface area contributed by atoms with E-state index in [1.165, 1.54) is 0 Å². The third-order valence-corrected chi connectivity index (χ3v) is 3.47. The number of rotatable bonds is 4. The Kier molecular flexibility index (Phi) is 4.39. The third-order valence-electron chi connectivity index (χ3n) is 3.47. The van der Waals surface area contributed by atoms with E-state index in [1.807, 2.05) is 29.2 Å². The summed E-state index contributed by atoms with van der Waals surface area (Å²) >= 11 is 0. The van der Waals surface area contributed by atoms with Crippen molar-refractivity contribution in [2.45, 2.75) is 19.1 Å². The van der Waals surface area contributed by atoms with E-state index in [4.69, 9.17) is 14.6 Å². The molecule has 0 bridgehead atoms. The molecule has 2 unspecified atom stereocenters. The van der Waals surface area contributed by atoms with Crippen LogP contribution in [-0.2, 0) is 9.53 Å². The molecule has 5 heteroatoms. The molecule has 0 saturated carbocycles. The van der Waals surface area contributed by atoms with Gasteiger partial charge in [0, 0.05) is 13.1 Å². The lowest BCUT2D eigenvalue weighted by molar-refractivity contribution is -0.145. The first-order valence-corrected chi connectivity index (χ1v) is 6.34. The van der Waals surface area contributed by atoms with Crippen LogP contribution in [0.4, 0.5) is 0 Å². The standard InChI is InChI=1S/C14H19NO4/c1-10(14(16)17)15-6-7-19-13(9-15)11-4-3-5-12(8-11)18-2/h3-5,8,10,13H,6-7,9H2,1-2H3,(H,16,17). The molecule has 104 valence electrons. The van der Waals surface area contributed by atoms with Gasteiger partial charge in [-0.15, -0.1) is 0 Å². The monoisotopic (exact) mass is 265 g/mol. The predicted molar refractivity (Wildman–Crippen MR) is 70.4 cm³/mol. The molecule has 0 spiro atoms. The maximum Gasteiger partial charge on any atom is 0.320 e. The topological polar surface area (TPSA) is 59.0 Å². The van der Waals surface area contributed by atoms with Crippen LogP contribution in [0.15, 0.2) is 24.3 Å². The van der Waals surface area contributed by atoms with Crippen LogP contribution < -0.4 is 4.74 Å². The molecule has 1 aliphatic rings. The Balaban J connectivity index is 2.10. The molecular formula is C14H19NO4. The largest absolute Gasteiger partial charge is 0.497 e. The van der Waals surface area contributed by atoms with Crippen LogP contribution in [0, 0.1) is 0 Å². The van der Waals surface area contributed by atoms with Gasteiger partial charge in [0.05, 0.1) is 19.8 Å². The zero-order chi connectivity index (χ0) is 13.8. The first-order valence-electron chi connectivity index (χ1n) is 6.34. The average Bonchev–Trinajstić information content (AvgIpc) is 2.46. The number of aliphatic carboxylic acids is 1. The lowest BCUT2D eigenvalue weighted by Crippen LogP contribution is -2.46. The molecule has 1 aromatic rings. The quantitative estimate of drug-likeness (QED) is 0.895. The Morgan fingerprint density at radius 2 is 2.37 bits per heavy atom. The van der Waals surface area contributed by atoms with Gasteiger partial charge < -0.3 is 14.6 Å². The van der Waals surface area contributed by atoms with Crippen molar-refractivity contribution in [1.29, 1.82) is 0 Å². The van der Waals surface area contributed by atoms with Gasteiger partial charge in [0.15, 0.2) is 0 Å². The minimum Gasteiger partial charge on any atom is -0.497 e. The van der Waals surface area contributed by atoms with Gasteiger partial charge in [0.1, 0.15) is 11.8 Å². The van der Waals surface area contributed by atoms with E-state index in [0.717, 1.165) is 11.3 Å². The molecule has 0 aromatic heterocycles. The van der Waals surface area contributed by atoms with Crippen LogP contribution in [0.5, 0.6) is 5.75 Å². The SMILES string of the molecule is COc1cccc(C2CN(C(C)C(=O)O)CCO2)c1. The van der Waals surface area contributed by atoms with Gasteiger partial charge in [-0.1, -0.05) is 12.1 Å². The molecule has 0 radical (unpaired) electrons. The van der Waals surface area contributed by atoms with Crippen molar-refractivity contribution in [2.75, 3.05) is 26.8 Å². The second-order valence-corrected chi connectivity index (χ2v) is 4.65. The van der Waals surface area contributed by atoms with E-state index in [2.05, 4.69) is 0 Å². The van der Waals surface area contributed by atoms with Crippen molar-refractivity contribution in [3.63, 3.8) is 0 Å². The van der Waals surface area contributed by atoms with E-state index in [1.54, 1.807) is 14.0 Å². The summed E-state index contributed by atoms with van der Waals surface area (Å²) in [7, 11) is 1.62. The summed E-state index contributed by atoms with van der Waals surface area (Å²) in [5, 5.41) is 9.07. The maximum atomic E-state index is 11.0. The molecule has 0 amide bonds. The van der Waals surface area contributed by atoms with Crippen molar-refractivity contribution in [3.8, 4) is 5.75 Å². The number of ether oxygens (including phenoxy) is 2. The highest BCUT2D eigenvalue weighted by molar-refractivity contribution is 5.72. The smallest absolute Gasteiger partial charge is 0.320 e. The summed E-state index contributed by atoms with van der Waals surface area (Å²) < 4.78 is 10.9. The zero-order valence-corrected chi connectivity index (χ0v) is 11.2. The second kappa shape index (κ2) is 6.04. The molecule has 1 heterocycles. The van der Waals surface area contributed by atoms with Crippen molar-refractivity contribution in [3.05, 3.63) is 29.8 Å². The Morgan fingerprint density at radius 1 is 1.58 bits per heavy atom. The highest BCUT2D eigenvalue weighted by atomic mass is 16.5. The van der Waals surface area contributed by atoms with Gasteiger partial charge in [0.25, 0.3) is 0 Å². The second-order valence-electron chi connectivity index (χ2n) is 4.65. The number of carboxylic acid groups (broad SMARTS) is 1. The minimum atomic E-state index is -0.800. The highest BCUT2D eigenvalue weighted by Crippen LogP contribution is 2.26. The Labute approximate surface area is 112 Å². The summed E-state index contributed by atoms with van der Waals surface area (Å²) in [6, 6.07) is 7.21. The van der Waals surface area contributed by atoms with Crippen LogP contribution in [0.3, 0.4) is 0 Å². The van der Waals surface area contributed by atoms with Crippen molar-refractivity contribution in [1.82, 2.24) is 4.90 Å². The molecule has 2 rings (SSSR count). The Morgan fingerprint density at radius 3 is 3.05 bits per heavy atom. The van der Waals surface area contributed by atoms with E-state index < -0.39 is 12.0 Å². The molecule has 1 fully saturated rings. The summed E-state index contributed by atoms with van der Waals surface area (Å²) in [5.74, 6) is -0.0178. The maximum absolute atomic E-state index is 11.0. The van der Waals surface area contributed by atoms with Crippen molar-refractivity contribution >= 4 is 5.97 Å². The van der Waals surface area contributed by atoms with Gasteiger partial charge in [0.2, 0.25) is 0 Å². The number of methoxy groups -OCH3 is 1. The number of hydrogen-bond acceptors (Lipinski definition) is 4. The van der Waals surface area contributed by atoms with Crippen LogP contribution >= 0.6 is 0 Å². The molecule has 1 N–H and O–H groups in total.